The van der Waals surface area contributed by atoms with Crippen molar-refractivity contribution in [3.05, 3.63) is 29.3 Å². The molecule has 1 aromatic carbocycles. The number of rotatable bonds is 13. The van der Waals surface area contributed by atoms with Crippen LogP contribution in [0.1, 0.15) is 95.6 Å². The maximum Gasteiger partial charge on any atom is 0.119 e. The smallest absolute Gasteiger partial charge is 0.119 e. The Morgan fingerprint density at radius 3 is 1.91 bits per heavy atom. The zero-order valence-corrected chi connectivity index (χ0v) is 14.9. The van der Waals surface area contributed by atoms with Crippen LogP contribution in [0.2, 0.25) is 0 Å². The summed E-state index contributed by atoms with van der Waals surface area (Å²) in [5.74, 6) is 0.511. The van der Waals surface area contributed by atoms with Crippen LogP contribution in [0.3, 0.4) is 0 Å². The van der Waals surface area contributed by atoms with E-state index in [2.05, 4.69) is 19.9 Å². The van der Waals surface area contributed by atoms with Crippen LogP contribution in [-0.2, 0) is 12.8 Å². The molecule has 0 heterocycles. The first-order valence-corrected chi connectivity index (χ1v) is 9.59. The molecule has 0 radical (unpaired) electrons. The maximum absolute atomic E-state index is 10.1. The Morgan fingerprint density at radius 1 is 0.682 bits per heavy atom. The second-order valence-electron chi connectivity index (χ2n) is 6.60. The van der Waals surface area contributed by atoms with Crippen molar-refractivity contribution in [1.82, 2.24) is 0 Å². The molecule has 22 heavy (non-hydrogen) atoms. The molecule has 1 aromatic rings. The Labute approximate surface area is 138 Å². The fourth-order valence-corrected chi connectivity index (χ4v) is 3.15. The van der Waals surface area contributed by atoms with Crippen molar-refractivity contribution in [2.45, 2.75) is 97.3 Å². The van der Waals surface area contributed by atoms with Crippen LogP contribution in [0.4, 0.5) is 0 Å². The summed E-state index contributed by atoms with van der Waals surface area (Å²) in [6.07, 6.45) is 16.7. The maximum atomic E-state index is 10.1. The van der Waals surface area contributed by atoms with Crippen LogP contribution in [0.5, 0.6) is 5.75 Å². The highest BCUT2D eigenvalue weighted by Crippen LogP contribution is 2.25. The first-order chi connectivity index (χ1) is 10.8. The third kappa shape index (κ3) is 7.87. The second-order valence-corrected chi connectivity index (χ2v) is 6.60. The number of aryl methyl sites for hydroxylation is 1. The molecule has 0 saturated carbocycles. The summed E-state index contributed by atoms with van der Waals surface area (Å²) in [5.41, 5.74) is 2.59. The number of benzene rings is 1. The highest BCUT2D eigenvalue weighted by Gasteiger charge is 2.07. The van der Waals surface area contributed by atoms with Crippen molar-refractivity contribution >= 4 is 0 Å². The van der Waals surface area contributed by atoms with Crippen LogP contribution >= 0.6 is 0 Å². The molecule has 1 N–H and O–H groups in total. The molecule has 0 unspecified atom stereocenters. The van der Waals surface area contributed by atoms with E-state index in [9.17, 15) is 5.11 Å². The molecule has 126 valence electrons. The van der Waals surface area contributed by atoms with Crippen molar-refractivity contribution in [3.8, 4) is 5.75 Å². The summed E-state index contributed by atoms with van der Waals surface area (Å²) in [4.78, 5) is 0. The normalized spacial score (nSPS) is 11.0. The SMILES string of the molecule is CCCCCCCCCc1cccc(O)c1CCCCCC. The van der Waals surface area contributed by atoms with Gasteiger partial charge in [-0.3, -0.25) is 0 Å². The molecule has 0 amide bonds. The Bertz CT molecular complexity index is 383. The van der Waals surface area contributed by atoms with Gasteiger partial charge in [-0.15, -0.1) is 0 Å². The minimum Gasteiger partial charge on any atom is -0.508 e. The van der Waals surface area contributed by atoms with Crippen molar-refractivity contribution in [1.29, 1.82) is 0 Å². The molecule has 0 aliphatic rings. The zero-order valence-electron chi connectivity index (χ0n) is 14.9. The van der Waals surface area contributed by atoms with E-state index in [1.165, 1.54) is 81.8 Å². The van der Waals surface area contributed by atoms with E-state index in [1.807, 2.05) is 12.1 Å². The van der Waals surface area contributed by atoms with Crippen LogP contribution in [0.15, 0.2) is 18.2 Å². The van der Waals surface area contributed by atoms with E-state index in [1.54, 1.807) is 0 Å². The molecule has 0 aromatic heterocycles. The van der Waals surface area contributed by atoms with Gasteiger partial charge in [0.05, 0.1) is 0 Å². The minimum absolute atomic E-state index is 0.511. The average Bonchev–Trinajstić information content (AvgIpc) is 2.52. The molecule has 1 heteroatoms. The standard InChI is InChI=1S/C21H36O/c1-3-5-7-9-10-11-12-15-19-16-14-18-21(22)20(19)17-13-8-6-4-2/h14,16,18,22H,3-13,15,17H2,1-2H3. The Balaban J connectivity index is 2.33. The molecule has 0 fully saturated rings. The average molecular weight is 305 g/mol. The summed E-state index contributed by atoms with van der Waals surface area (Å²) in [6.45, 7) is 4.51. The molecule has 1 nitrogen and oxygen atoms in total. The van der Waals surface area contributed by atoms with Crippen molar-refractivity contribution in [2.24, 2.45) is 0 Å². The third-order valence-electron chi connectivity index (χ3n) is 4.58. The lowest BCUT2D eigenvalue weighted by molar-refractivity contribution is 0.464. The van der Waals surface area contributed by atoms with Gasteiger partial charge in [0.25, 0.3) is 0 Å². The van der Waals surface area contributed by atoms with Crippen molar-refractivity contribution in [3.63, 3.8) is 0 Å². The summed E-state index contributed by atoms with van der Waals surface area (Å²) >= 11 is 0. The van der Waals surface area contributed by atoms with Crippen LogP contribution in [0, 0.1) is 0 Å². The van der Waals surface area contributed by atoms with Crippen LogP contribution < -0.4 is 0 Å². The zero-order chi connectivity index (χ0) is 16.0. The van der Waals surface area contributed by atoms with E-state index < -0.39 is 0 Å². The predicted octanol–water partition coefficient (Wildman–Crippen LogP) is 6.81. The fourth-order valence-electron chi connectivity index (χ4n) is 3.15. The first kappa shape index (κ1) is 19.1. The minimum atomic E-state index is 0.511. The van der Waals surface area contributed by atoms with Gasteiger partial charge >= 0.3 is 0 Å². The van der Waals surface area contributed by atoms with E-state index >= 15 is 0 Å². The second kappa shape index (κ2) is 12.6. The molecular weight excluding hydrogens is 268 g/mol. The number of aromatic hydroxyl groups is 1. The lowest BCUT2D eigenvalue weighted by Crippen LogP contribution is -1.96. The molecule has 0 bridgehead atoms. The molecule has 0 aliphatic heterocycles. The molecular formula is C21H36O. The van der Waals surface area contributed by atoms with Crippen molar-refractivity contribution in [2.75, 3.05) is 0 Å². The Morgan fingerprint density at radius 2 is 1.23 bits per heavy atom. The lowest BCUT2D eigenvalue weighted by Gasteiger charge is -2.11. The summed E-state index contributed by atoms with van der Waals surface area (Å²) < 4.78 is 0. The number of hydrogen-bond donors (Lipinski definition) is 1. The topological polar surface area (TPSA) is 20.2 Å². The van der Waals surface area contributed by atoms with E-state index in [4.69, 9.17) is 0 Å². The van der Waals surface area contributed by atoms with Gasteiger partial charge in [-0.2, -0.15) is 0 Å². The quantitative estimate of drug-likeness (QED) is 0.397. The van der Waals surface area contributed by atoms with Gasteiger partial charge in [-0.05, 0) is 42.9 Å². The van der Waals surface area contributed by atoms with Crippen LogP contribution in [0.25, 0.3) is 0 Å². The fraction of sp³-hybridized carbons (Fsp3) is 0.714. The number of phenols is 1. The highest BCUT2D eigenvalue weighted by molar-refractivity contribution is 5.39. The summed E-state index contributed by atoms with van der Waals surface area (Å²) in [5, 5.41) is 10.1. The Hall–Kier alpha value is -0.980. The van der Waals surface area contributed by atoms with Gasteiger partial charge in [0.15, 0.2) is 0 Å². The number of hydrogen-bond acceptors (Lipinski definition) is 1. The molecule has 0 atom stereocenters. The molecule has 1 rings (SSSR count). The largest absolute Gasteiger partial charge is 0.508 e. The van der Waals surface area contributed by atoms with Gasteiger partial charge < -0.3 is 5.11 Å². The van der Waals surface area contributed by atoms with E-state index in [0.717, 1.165) is 12.8 Å². The summed E-state index contributed by atoms with van der Waals surface area (Å²) in [7, 11) is 0. The number of unbranched alkanes of at least 4 members (excludes halogenated alkanes) is 9. The van der Waals surface area contributed by atoms with Gasteiger partial charge in [-0.25, -0.2) is 0 Å². The predicted molar refractivity (Wildman–Crippen MR) is 97.6 cm³/mol. The van der Waals surface area contributed by atoms with Gasteiger partial charge in [-0.1, -0.05) is 83.8 Å². The lowest BCUT2D eigenvalue weighted by atomic mass is 9.95. The van der Waals surface area contributed by atoms with Crippen molar-refractivity contribution < 1.29 is 5.11 Å². The summed E-state index contributed by atoms with van der Waals surface area (Å²) in [6, 6.07) is 6.07. The third-order valence-corrected chi connectivity index (χ3v) is 4.58. The Kier molecular flexibility index (Phi) is 10.9. The highest BCUT2D eigenvalue weighted by atomic mass is 16.3. The molecule has 0 saturated heterocycles. The van der Waals surface area contributed by atoms with Gasteiger partial charge in [0.1, 0.15) is 5.75 Å². The van der Waals surface area contributed by atoms with E-state index in [-0.39, 0.29) is 0 Å². The van der Waals surface area contributed by atoms with Gasteiger partial charge in [0.2, 0.25) is 0 Å². The van der Waals surface area contributed by atoms with E-state index in [0.29, 0.717) is 5.75 Å². The van der Waals surface area contributed by atoms with Crippen LogP contribution in [-0.4, -0.2) is 5.11 Å². The first-order valence-electron chi connectivity index (χ1n) is 9.59. The molecule has 0 spiro atoms. The van der Waals surface area contributed by atoms with Gasteiger partial charge in [0, 0.05) is 0 Å². The number of phenolic OH excluding ortho intramolecular Hbond substituents is 1. The molecule has 0 aliphatic carbocycles. The monoisotopic (exact) mass is 304 g/mol.